The lowest BCUT2D eigenvalue weighted by Crippen LogP contribution is -2.21. The smallest absolute Gasteiger partial charge is 0.337 e. The summed E-state index contributed by atoms with van der Waals surface area (Å²) in [6.45, 7) is 8.13. The van der Waals surface area contributed by atoms with Gasteiger partial charge in [0.1, 0.15) is 0 Å². The summed E-state index contributed by atoms with van der Waals surface area (Å²) in [5.41, 5.74) is 7.69. The van der Waals surface area contributed by atoms with Gasteiger partial charge in [0.05, 0.1) is 5.57 Å². The third kappa shape index (κ3) is 4.11. The average Bonchev–Trinajstić information content (AvgIpc) is 3.50. The van der Waals surface area contributed by atoms with Gasteiger partial charge < -0.3 is 10.4 Å². The number of allylic oxidation sites excluding steroid dienone is 2. The number of carboxylic acids is 1. The van der Waals surface area contributed by atoms with Gasteiger partial charge in [0.15, 0.2) is 0 Å². The zero-order valence-electron chi connectivity index (χ0n) is 17.7. The van der Waals surface area contributed by atoms with Gasteiger partial charge in [-0.1, -0.05) is 66.7 Å². The molecule has 2 N–H and O–H groups in total. The van der Waals surface area contributed by atoms with Crippen LogP contribution in [0.1, 0.15) is 43.4 Å². The highest BCUT2D eigenvalue weighted by atomic mass is 16.4. The van der Waals surface area contributed by atoms with Gasteiger partial charge in [0, 0.05) is 11.4 Å². The molecule has 0 bridgehead atoms. The Morgan fingerprint density at radius 1 is 0.933 bits per heavy atom. The molecule has 0 heterocycles. The van der Waals surface area contributed by atoms with Crippen LogP contribution in [-0.2, 0) is 17.6 Å². The summed E-state index contributed by atoms with van der Waals surface area (Å²) in [5, 5.41) is 13.6. The van der Waals surface area contributed by atoms with E-state index in [4.69, 9.17) is 0 Å². The van der Waals surface area contributed by atoms with Crippen LogP contribution in [0.3, 0.4) is 0 Å². The second-order valence-corrected chi connectivity index (χ2v) is 8.52. The molecule has 0 saturated heterocycles. The molecule has 1 fully saturated rings. The average molecular weight is 400 g/mol. The predicted octanol–water partition coefficient (Wildman–Crippen LogP) is 5.75. The van der Waals surface area contributed by atoms with Crippen LogP contribution in [0.4, 0.5) is 0 Å². The first-order valence-corrected chi connectivity index (χ1v) is 10.7. The van der Waals surface area contributed by atoms with Crippen molar-refractivity contribution in [1.82, 2.24) is 5.32 Å². The van der Waals surface area contributed by atoms with Gasteiger partial charge in [-0.05, 0) is 73.6 Å². The normalized spacial score (nSPS) is 17.7. The molecule has 2 aliphatic rings. The molecule has 0 amide bonds. The second kappa shape index (κ2) is 8.35. The van der Waals surface area contributed by atoms with E-state index in [1.165, 1.54) is 16.7 Å². The Labute approximate surface area is 178 Å². The van der Waals surface area contributed by atoms with Gasteiger partial charge in [0.25, 0.3) is 0 Å². The summed E-state index contributed by atoms with van der Waals surface area (Å²) < 4.78 is 0. The number of carboxylic acid groups (broad SMARTS) is 1. The summed E-state index contributed by atoms with van der Waals surface area (Å²) in [5.74, 6) is -0.147. The van der Waals surface area contributed by atoms with Crippen molar-refractivity contribution in [3.8, 4) is 0 Å². The van der Waals surface area contributed by atoms with Gasteiger partial charge in [-0.15, -0.1) is 0 Å². The Morgan fingerprint density at radius 3 is 2.03 bits per heavy atom. The molecule has 0 spiro atoms. The molecule has 4 rings (SSSR count). The third-order valence-electron chi connectivity index (χ3n) is 6.39. The van der Waals surface area contributed by atoms with Gasteiger partial charge >= 0.3 is 5.97 Å². The number of hydrogen-bond acceptors (Lipinski definition) is 2. The lowest BCUT2D eigenvalue weighted by molar-refractivity contribution is -0.132. The van der Waals surface area contributed by atoms with Crippen LogP contribution < -0.4 is 5.32 Å². The predicted molar refractivity (Wildman–Crippen MR) is 122 cm³/mol. The van der Waals surface area contributed by atoms with E-state index in [0.29, 0.717) is 22.9 Å². The summed E-state index contributed by atoms with van der Waals surface area (Å²) in [7, 11) is 0. The minimum atomic E-state index is -0.869. The van der Waals surface area contributed by atoms with Gasteiger partial charge in [0.2, 0.25) is 0 Å². The van der Waals surface area contributed by atoms with E-state index in [9.17, 15) is 9.90 Å². The maximum Gasteiger partial charge on any atom is 0.337 e. The number of aliphatic carboxylic acids is 1. The molecule has 154 valence electrons. The van der Waals surface area contributed by atoms with Gasteiger partial charge in [-0.3, -0.25) is 0 Å². The quantitative estimate of drug-likeness (QED) is 0.461. The topological polar surface area (TPSA) is 49.3 Å². The van der Waals surface area contributed by atoms with Crippen LogP contribution in [-0.4, -0.2) is 11.1 Å². The number of hydrogen-bond donors (Lipinski definition) is 2. The lowest BCUT2D eigenvalue weighted by Gasteiger charge is -2.23. The summed E-state index contributed by atoms with van der Waals surface area (Å²) >= 11 is 0. The Balaban J connectivity index is 1.72. The molecule has 0 aliphatic heterocycles. The molecule has 0 atom stereocenters. The van der Waals surface area contributed by atoms with Gasteiger partial charge in [-0.2, -0.15) is 0 Å². The SMILES string of the molecule is C=C(N/C(C)=C(C(=O)O)/C(=C(\C)C1CC1)C1Cc2ccccc2C1)c1ccccc1. The second-order valence-electron chi connectivity index (χ2n) is 8.52. The number of rotatable bonds is 7. The van der Waals surface area contributed by atoms with Crippen LogP contribution in [0.5, 0.6) is 0 Å². The summed E-state index contributed by atoms with van der Waals surface area (Å²) in [6, 6.07) is 18.3. The van der Waals surface area contributed by atoms with Crippen LogP contribution >= 0.6 is 0 Å². The minimum Gasteiger partial charge on any atom is -0.478 e. The molecule has 0 radical (unpaired) electrons. The molecule has 2 aliphatic carbocycles. The van der Waals surface area contributed by atoms with Crippen molar-refractivity contribution in [2.45, 2.75) is 39.5 Å². The fourth-order valence-electron chi connectivity index (χ4n) is 4.70. The number of benzene rings is 2. The monoisotopic (exact) mass is 399 g/mol. The van der Waals surface area contributed by atoms with E-state index in [1.807, 2.05) is 37.3 Å². The molecule has 30 heavy (non-hydrogen) atoms. The molecular formula is C27H29NO2. The first-order chi connectivity index (χ1) is 14.5. The Bertz CT molecular complexity index is 1020. The molecule has 2 aromatic carbocycles. The Kier molecular flexibility index (Phi) is 5.63. The van der Waals surface area contributed by atoms with Crippen molar-refractivity contribution >= 4 is 11.7 Å². The minimum absolute atomic E-state index is 0.204. The van der Waals surface area contributed by atoms with Crippen molar-refractivity contribution in [3.63, 3.8) is 0 Å². The van der Waals surface area contributed by atoms with Crippen molar-refractivity contribution < 1.29 is 9.90 Å². The molecule has 3 nitrogen and oxygen atoms in total. The van der Waals surface area contributed by atoms with E-state index in [2.05, 4.69) is 43.1 Å². The van der Waals surface area contributed by atoms with E-state index < -0.39 is 5.97 Å². The van der Waals surface area contributed by atoms with E-state index in [-0.39, 0.29) is 5.92 Å². The molecule has 0 aromatic heterocycles. The first-order valence-electron chi connectivity index (χ1n) is 10.7. The Hall–Kier alpha value is -3.07. The maximum absolute atomic E-state index is 12.5. The fourth-order valence-corrected chi connectivity index (χ4v) is 4.70. The highest BCUT2D eigenvalue weighted by molar-refractivity contribution is 5.93. The van der Waals surface area contributed by atoms with Crippen molar-refractivity contribution in [2.75, 3.05) is 0 Å². The van der Waals surface area contributed by atoms with Crippen molar-refractivity contribution in [2.24, 2.45) is 11.8 Å². The van der Waals surface area contributed by atoms with E-state index in [0.717, 1.165) is 36.8 Å². The van der Waals surface area contributed by atoms with Gasteiger partial charge in [-0.25, -0.2) is 4.79 Å². The van der Waals surface area contributed by atoms with Crippen LogP contribution in [0, 0.1) is 11.8 Å². The molecule has 1 saturated carbocycles. The standard InChI is InChI=1S/C27H29NO2/c1-17(20-13-14-20)25(24-15-22-11-7-8-12-23(22)16-24)26(27(29)30)19(3)28-18(2)21-9-5-4-6-10-21/h4-12,20,24,28H,2,13-16H2,1,3H3,(H,29,30)/b25-17+,26-19-. The number of nitrogens with one attached hydrogen (secondary N) is 1. The zero-order chi connectivity index (χ0) is 21.3. The maximum atomic E-state index is 12.5. The van der Waals surface area contributed by atoms with E-state index in [1.54, 1.807) is 0 Å². The largest absolute Gasteiger partial charge is 0.478 e. The first kappa shape index (κ1) is 20.2. The third-order valence-corrected chi connectivity index (χ3v) is 6.39. The number of carbonyl (C=O) groups is 1. The van der Waals surface area contributed by atoms with Crippen molar-refractivity contribution in [1.29, 1.82) is 0 Å². The van der Waals surface area contributed by atoms with Crippen LogP contribution in [0.2, 0.25) is 0 Å². The Morgan fingerprint density at radius 2 is 1.50 bits per heavy atom. The van der Waals surface area contributed by atoms with E-state index >= 15 is 0 Å². The highest BCUT2D eigenvalue weighted by Crippen LogP contribution is 2.44. The lowest BCUT2D eigenvalue weighted by atomic mass is 9.84. The molecule has 3 heteroatoms. The highest BCUT2D eigenvalue weighted by Gasteiger charge is 2.35. The number of fused-ring (bicyclic) bond motifs is 1. The molecular weight excluding hydrogens is 370 g/mol. The fraction of sp³-hybridized carbons (Fsp3) is 0.296. The zero-order valence-corrected chi connectivity index (χ0v) is 17.7. The van der Waals surface area contributed by atoms with Crippen LogP contribution in [0.15, 0.2) is 83.6 Å². The van der Waals surface area contributed by atoms with Crippen LogP contribution in [0.25, 0.3) is 5.70 Å². The molecule has 2 aromatic rings. The van der Waals surface area contributed by atoms with Crippen molar-refractivity contribution in [3.05, 3.63) is 100 Å². The molecule has 0 unspecified atom stereocenters. The summed E-state index contributed by atoms with van der Waals surface area (Å²) in [6.07, 6.45) is 4.12. The summed E-state index contributed by atoms with van der Waals surface area (Å²) in [4.78, 5) is 12.5.